The van der Waals surface area contributed by atoms with Gasteiger partial charge in [0.25, 0.3) is 0 Å². The molecule has 10 heavy (non-hydrogen) atoms. The van der Waals surface area contributed by atoms with Crippen LogP contribution < -0.4 is 0 Å². The summed E-state index contributed by atoms with van der Waals surface area (Å²) in [5, 5.41) is 0. The van der Waals surface area contributed by atoms with Gasteiger partial charge in [0.2, 0.25) is 0 Å². The zero-order chi connectivity index (χ0) is 7.56. The highest BCUT2D eigenvalue weighted by Gasteiger charge is 2.20. The van der Waals surface area contributed by atoms with Crippen LogP contribution in [0.25, 0.3) is 0 Å². The second-order valence-corrected chi connectivity index (χ2v) is 3.71. The van der Waals surface area contributed by atoms with E-state index in [1.807, 2.05) is 0 Å². The van der Waals surface area contributed by atoms with E-state index >= 15 is 0 Å². The lowest BCUT2D eigenvalue weighted by Gasteiger charge is -2.28. The fourth-order valence-corrected chi connectivity index (χ4v) is 2.05. The van der Waals surface area contributed by atoms with E-state index < -0.39 is 0 Å². The van der Waals surface area contributed by atoms with E-state index in [-0.39, 0.29) is 0 Å². The van der Waals surface area contributed by atoms with E-state index in [1.165, 1.54) is 31.3 Å². The third kappa shape index (κ3) is 1.62. The monoisotopic (exact) mass is 138 g/mol. The predicted molar refractivity (Wildman–Crippen MR) is 45.9 cm³/mol. The van der Waals surface area contributed by atoms with E-state index in [4.69, 9.17) is 0 Å². The van der Waals surface area contributed by atoms with Crippen molar-refractivity contribution in [3.8, 4) is 0 Å². The number of allylic oxidation sites excluding steroid dienone is 1. The van der Waals surface area contributed by atoms with E-state index in [0.717, 1.165) is 11.8 Å². The Bertz CT molecular complexity index is 124. The summed E-state index contributed by atoms with van der Waals surface area (Å²) < 4.78 is 0. The van der Waals surface area contributed by atoms with Crippen LogP contribution in [-0.4, -0.2) is 0 Å². The maximum Gasteiger partial charge on any atom is -0.0183 e. The van der Waals surface area contributed by atoms with Gasteiger partial charge in [-0.3, -0.25) is 0 Å². The Morgan fingerprint density at radius 1 is 1.30 bits per heavy atom. The summed E-state index contributed by atoms with van der Waals surface area (Å²) in [6.07, 6.45) is 5.65. The maximum absolute atomic E-state index is 4.03. The lowest BCUT2D eigenvalue weighted by molar-refractivity contribution is 0.294. The number of rotatable bonds is 1. The summed E-state index contributed by atoms with van der Waals surface area (Å²) in [5.41, 5.74) is 1.40. The molecule has 58 valence electrons. The second-order valence-electron chi connectivity index (χ2n) is 3.71. The number of hydrogen-bond donors (Lipinski definition) is 0. The molecule has 0 heterocycles. The molecule has 0 aliphatic heterocycles. The Kier molecular flexibility index (Phi) is 2.53. The highest BCUT2D eigenvalue weighted by atomic mass is 14.3. The Labute approximate surface area is 64.3 Å². The van der Waals surface area contributed by atoms with Gasteiger partial charge in [0.15, 0.2) is 0 Å². The van der Waals surface area contributed by atoms with Crippen LogP contribution in [0.3, 0.4) is 0 Å². The van der Waals surface area contributed by atoms with Gasteiger partial charge in [-0.1, -0.05) is 38.3 Å². The SMILES string of the molecule is C=C(C)[C@@H]1CCCCC1C. The highest BCUT2D eigenvalue weighted by molar-refractivity contribution is 4.99. The molecule has 1 saturated carbocycles. The van der Waals surface area contributed by atoms with Crippen molar-refractivity contribution in [2.24, 2.45) is 11.8 Å². The molecule has 0 amide bonds. The van der Waals surface area contributed by atoms with E-state index in [9.17, 15) is 0 Å². The molecule has 1 unspecified atom stereocenters. The van der Waals surface area contributed by atoms with Crippen LogP contribution >= 0.6 is 0 Å². The molecule has 1 aliphatic carbocycles. The van der Waals surface area contributed by atoms with Crippen LogP contribution in [0.5, 0.6) is 0 Å². The quantitative estimate of drug-likeness (QED) is 0.487. The molecule has 2 atom stereocenters. The van der Waals surface area contributed by atoms with Crippen LogP contribution in [-0.2, 0) is 0 Å². The van der Waals surface area contributed by atoms with Crippen LogP contribution in [0, 0.1) is 11.8 Å². The average molecular weight is 138 g/mol. The fourth-order valence-electron chi connectivity index (χ4n) is 2.05. The molecule has 1 rings (SSSR count). The van der Waals surface area contributed by atoms with Gasteiger partial charge in [0.1, 0.15) is 0 Å². The van der Waals surface area contributed by atoms with E-state index in [2.05, 4.69) is 20.4 Å². The summed E-state index contributed by atoms with van der Waals surface area (Å²) in [7, 11) is 0. The molecule has 1 fully saturated rings. The topological polar surface area (TPSA) is 0 Å². The summed E-state index contributed by atoms with van der Waals surface area (Å²) in [4.78, 5) is 0. The Morgan fingerprint density at radius 2 is 1.90 bits per heavy atom. The van der Waals surface area contributed by atoms with Crippen LogP contribution in [0.2, 0.25) is 0 Å². The minimum atomic E-state index is 0.828. The highest BCUT2D eigenvalue weighted by Crippen LogP contribution is 2.33. The summed E-state index contributed by atoms with van der Waals surface area (Å²) in [5.74, 6) is 1.72. The standard InChI is InChI=1S/C10H18/c1-8(2)10-7-5-4-6-9(10)3/h9-10H,1,4-7H2,2-3H3/t9?,10-/m0/s1. The first kappa shape index (κ1) is 7.84. The van der Waals surface area contributed by atoms with Crippen LogP contribution in [0.15, 0.2) is 12.2 Å². The van der Waals surface area contributed by atoms with Crippen molar-refractivity contribution in [1.82, 2.24) is 0 Å². The first-order valence-electron chi connectivity index (χ1n) is 4.37. The van der Waals surface area contributed by atoms with E-state index in [1.54, 1.807) is 0 Å². The van der Waals surface area contributed by atoms with Crippen molar-refractivity contribution in [1.29, 1.82) is 0 Å². The minimum Gasteiger partial charge on any atom is -0.0999 e. The third-order valence-corrected chi connectivity index (χ3v) is 2.74. The average Bonchev–Trinajstić information content (AvgIpc) is 1.88. The molecule has 0 spiro atoms. The third-order valence-electron chi connectivity index (χ3n) is 2.74. The van der Waals surface area contributed by atoms with Gasteiger partial charge >= 0.3 is 0 Å². The maximum atomic E-state index is 4.03. The van der Waals surface area contributed by atoms with Gasteiger partial charge in [-0.2, -0.15) is 0 Å². The zero-order valence-corrected chi connectivity index (χ0v) is 7.19. The molecule has 0 bridgehead atoms. The molecule has 0 nitrogen and oxygen atoms in total. The van der Waals surface area contributed by atoms with Crippen LogP contribution in [0.4, 0.5) is 0 Å². The molecular weight excluding hydrogens is 120 g/mol. The molecule has 1 aliphatic rings. The van der Waals surface area contributed by atoms with Gasteiger partial charge in [-0.05, 0) is 25.2 Å². The Hall–Kier alpha value is -0.260. The van der Waals surface area contributed by atoms with Crippen molar-refractivity contribution in [3.63, 3.8) is 0 Å². The van der Waals surface area contributed by atoms with Crippen molar-refractivity contribution in [2.75, 3.05) is 0 Å². The van der Waals surface area contributed by atoms with Gasteiger partial charge in [0.05, 0.1) is 0 Å². The summed E-state index contributed by atoms with van der Waals surface area (Å²) >= 11 is 0. The van der Waals surface area contributed by atoms with E-state index in [0.29, 0.717) is 0 Å². The summed E-state index contributed by atoms with van der Waals surface area (Å²) in [6, 6.07) is 0. The molecular formula is C10H18. The Morgan fingerprint density at radius 3 is 2.30 bits per heavy atom. The second kappa shape index (κ2) is 3.23. The van der Waals surface area contributed by atoms with Crippen molar-refractivity contribution in [2.45, 2.75) is 39.5 Å². The normalized spacial score (nSPS) is 33.8. The molecule has 0 heteroatoms. The van der Waals surface area contributed by atoms with Crippen molar-refractivity contribution in [3.05, 3.63) is 12.2 Å². The van der Waals surface area contributed by atoms with Crippen LogP contribution in [0.1, 0.15) is 39.5 Å². The molecule has 0 aromatic heterocycles. The predicted octanol–water partition coefficient (Wildman–Crippen LogP) is 3.39. The molecule has 0 saturated heterocycles. The fraction of sp³-hybridized carbons (Fsp3) is 0.800. The van der Waals surface area contributed by atoms with Gasteiger partial charge in [0, 0.05) is 0 Å². The smallest absolute Gasteiger partial charge is 0.0183 e. The van der Waals surface area contributed by atoms with Crippen molar-refractivity contribution >= 4 is 0 Å². The molecule has 0 radical (unpaired) electrons. The van der Waals surface area contributed by atoms with Gasteiger partial charge < -0.3 is 0 Å². The zero-order valence-electron chi connectivity index (χ0n) is 7.19. The largest absolute Gasteiger partial charge is 0.0999 e. The summed E-state index contributed by atoms with van der Waals surface area (Å²) in [6.45, 7) is 8.56. The first-order valence-corrected chi connectivity index (χ1v) is 4.37. The van der Waals surface area contributed by atoms with Gasteiger partial charge in [-0.15, -0.1) is 0 Å². The first-order chi connectivity index (χ1) is 4.72. The number of hydrogen-bond acceptors (Lipinski definition) is 0. The lowest BCUT2D eigenvalue weighted by atomic mass is 9.77. The minimum absolute atomic E-state index is 0.828. The lowest BCUT2D eigenvalue weighted by Crippen LogP contribution is -2.16. The molecule has 0 aromatic carbocycles. The van der Waals surface area contributed by atoms with Crippen molar-refractivity contribution < 1.29 is 0 Å². The van der Waals surface area contributed by atoms with Gasteiger partial charge in [-0.25, -0.2) is 0 Å². The Balaban J connectivity index is 2.47. The molecule has 0 aromatic rings. The molecule has 0 N–H and O–H groups in total.